The quantitative estimate of drug-likeness (QED) is 0.0265. The summed E-state index contributed by atoms with van der Waals surface area (Å²) < 4.78 is 32.9. The van der Waals surface area contributed by atoms with Gasteiger partial charge < -0.3 is 20.1 Å². The largest absolute Gasteiger partial charge is 0.472 e. The van der Waals surface area contributed by atoms with Crippen molar-refractivity contribution in [2.45, 2.75) is 225 Å². The highest BCUT2D eigenvalue weighted by molar-refractivity contribution is 7.47. The van der Waals surface area contributed by atoms with Crippen molar-refractivity contribution in [1.29, 1.82) is 0 Å². The maximum atomic E-state index is 12.6. The molecule has 354 valence electrons. The average Bonchev–Trinajstić information content (AvgIpc) is 3.25. The SMILES string of the molecule is CCCCC/C=C\C/C=C\CCCCCCCC(=O)OCC(COP(=O)(O)OCCN)OC(=O)CCCCCCCCCCCC/C=C\C/C=C\C/C=C\CCCCCCC. The number of phosphoric ester groups is 1. The Morgan fingerprint density at radius 2 is 0.852 bits per heavy atom. The number of carbonyl (C=O) groups excluding carboxylic acids is 2. The average molecular weight is 878 g/mol. The monoisotopic (exact) mass is 878 g/mol. The highest BCUT2D eigenvalue weighted by Gasteiger charge is 2.26. The van der Waals surface area contributed by atoms with Gasteiger partial charge in [0.05, 0.1) is 13.2 Å². The number of carbonyl (C=O) groups is 2. The molecule has 0 heterocycles. The number of rotatable bonds is 46. The van der Waals surface area contributed by atoms with Gasteiger partial charge in [-0.25, -0.2) is 4.57 Å². The van der Waals surface area contributed by atoms with Crippen LogP contribution in [0.25, 0.3) is 0 Å². The van der Waals surface area contributed by atoms with Crippen molar-refractivity contribution in [2.75, 3.05) is 26.4 Å². The molecule has 0 aliphatic rings. The lowest BCUT2D eigenvalue weighted by Crippen LogP contribution is -2.29. The Balaban J connectivity index is 4.07. The van der Waals surface area contributed by atoms with Crippen molar-refractivity contribution in [3.8, 4) is 0 Å². The molecule has 0 radical (unpaired) electrons. The standard InChI is InChI=1S/C51H92NO8P/c1-3-5-7-9-11-13-15-17-19-20-21-22-23-24-25-26-27-28-30-32-34-36-38-40-42-44-51(54)60-49(48-59-61(55,56)58-46-45-52)47-57-50(53)43-41-39-37-35-33-31-29-18-16-14-12-10-8-6-4-2/h12,14-15,17-18,20-21,23-24,29,49H,3-11,13,16,19,22,25-28,30-48,52H2,1-2H3,(H,55,56)/b14-12-,17-15-,21-20-,24-23-,29-18-. The first kappa shape index (κ1) is 58.7. The first-order valence-corrected chi connectivity index (χ1v) is 26.3. The van der Waals surface area contributed by atoms with Crippen molar-refractivity contribution in [1.82, 2.24) is 0 Å². The minimum atomic E-state index is -4.39. The Morgan fingerprint density at radius 1 is 0.492 bits per heavy atom. The Kier molecular flexibility index (Phi) is 45.4. The summed E-state index contributed by atoms with van der Waals surface area (Å²) in [6.45, 7) is 3.68. The van der Waals surface area contributed by atoms with E-state index in [1.807, 2.05) is 0 Å². The van der Waals surface area contributed by atoms with E-state index in [0.29, 0.717) is 12.8 Å². The number of hydrogen-bond acceptors (Lipinski definition) is 8. The summed E-state index contributed by atoms with van der Waals surface area (Å²) in [6, 6.07) is 0. The van der Waals surface area contributed by atoms with Gasteiger partial charge in [0.1, 0.15) is 6.61 Å². The molecule has 10 heteroatoms. The number of allylic oxidation sites excluding steroid dienone is 10. The summed E-state index contributed by atoms with van der Waals surface area (Å²) in [5.74, 6) is -0.848. The van der Waals surface area contributed by atoms with Gasteiger partial charge in [0.15, 0.2) is 6.10 Å². The molecular formula is C51H92NO8P. The van der Waals surface area contributed by atoms with Crippen LogP contribution in [0.15, 0.2) is 60.8 Å². The predicted octanol–water partition coefficient (Wildman–Crippen LogP) is 14.8. The molecule has 0 bridgehead atoms. The van der Waals surface area contributed by atoms with Crippen molar-refractivity contribution in [3.63, 3.8) is 0 Å². The van der Waals surface area contributed by atoms with E-state index < -0.39 is 32.5 Å². The van der Waals surface area contributed by atoms with Crippen LogP contribution < -0.4 is 5.73 Å². The Morgan fingerprint density at radius 3 is 1.30 bits per heavy atom. The molecule has 0 saturated carbocycles. The maximum absolute atomic E-state index is 12.6. The van der Waals surface area contributed by atoms with Crippen molar-refractivity contribution in [2.24, 2.45) is 5.73 Å². The van der Waals surface area contributed by atoms with E-state index in [0.717, 1.165) is 77.0 Å². The minimum Gasteiger partial charge on any atom is -0.462 e. The van der Waals surface area contributed by atoms with Crippen LogP contribution in [0.2, 0.25) is 0 Å². The number of unbranched alkanes of at least 4 members (excludes halogenated alkanes) is 23. The van der Waals surface area contributed by atoms with Crippen LogP contribution in [-0.2, 0) is 32.7 Å². The first-order chi connectivity index (χ1) is 29.8. The normalized spacial score (nSPS) is 13.7. The molecule has 0 rings (SSSR count). The lowest BCUT2D eigenvalue weighted by Gasteiger charge is -2.19. The second kappa shape index (κ2) is 47.2. The Labute approximate surface area is 374 Å². The van der Waals surface area contributed by atoms with Gasteiger partial charge in [-0.3, -0.25) is 18.6 Å². The second-order valence-electron chi connectivity index (χ2n) is 16.3. The van der Waals surface area contributed by atoms with Gasteiger partial charge in [-0.2, -0.15) is 0 Å². The molecule has 0 saturated heterocycles. The molecule has 9 nitrogen and oxygen atoms in total. The number of phosphoric acid groups is 1. The molecule has 0 amide bonds. The molecule has 0 spiro atoms. The lowest BCUT2D eigenvalue weighted by atomic mass is 10.0. The van der Waals surface area contributed by atoms with Gasteiger partial charge in [0, 0.05) is 19.4 Å². The van der Waals surface area contributed by atoms with Gasteiger partial charge in [0.25, 0.3) is 0 Å². The molecular weight excluding hydrogens is 786 g/mol. The van der Waals surface area contributed by atoms with E-state index in [1.54, 1.807) is 0 Å². The third-order valence-electron chi connectivity index (χ3n) is 10.4. The number of esters is 2. The van der Waals surface area contributed by atoms with Crippen molar-refractivity contribution in [3.05, 3.63) is 60.8 Å². The smallest absolute Gasteiger partial charge is 0.462 e. The summed E-state index contributed by atoms with van der Waals surface area (Å²) in [5, 5.41) is 0. The highest BCUT2D eigenvalue weighted by Crippen LogP contribution is 2.43. The molecule has 3 N–H and O–H groups in total. The first-order valence-electron chi connectivity index (χ1n) is 24.8. The number of nitrogens with two attached hydrogens (primary N) is 1. The van der Waals surface area contributed by atoms with Gasteiger partial charge in [-0.15, -0.1) is 0 Å². The van der Waals surface area contributed by atoms with Crippen molar-refractivity contribution < 1.29 is 37.6 Å². The third kappa shape index (κ3) is 47.0. The number of ether oxygens (including phenoxy) is 2. The molecule has 0 aromatic heterocycles. The van der Waals surface area contributed by atoms with E-state index in [-0.39, 0.29) is 32.6 Å². The number of hydrogen-bond donors (Lipinski definition) is 2. The van der Waals surface area contributed by atoms with Crippen LogP contribution in [0.5, 0.6) is 0 Å². The van der Waals surface area contributed by atoms with Gasteiger partial charge in [-0.05, 0) is 83.5 Å². The fourth-order valence-corrected chi connectivity index (χ4v) is 7.44. The molecule has 2 atom stereocenters. The molecule has 61 heavy (non-hydrogen) atoms. The van der Waals surface area contributed by atoms with E-state index in [4.69, 9.17) is 24.3 Å². The summed E-state index contributed by atoms with van der Waals surface area (Å²) in [4.78, 5) is 35.0. The molecule has 2 unspecified atom stereocenters. The molecule has 0 aliphatic carbocycles. The predicted molar refractivity (Wildman–Crippen MR) is 256 cm³/mol. The zero-order valence-electron chi connectivity index (χ0n) is 39.1. The minimum absolute atomic E-state index is 0.0485. The highest BCUT2D eigenvalue weighted by atomic mass is 31.2. The molecule has 0 aromatic carbocycles. The van der Waals surface area contributed by atoms with E-state index in [1.165, 1.54) is 103 Å². The van der Waals surface area contributed by atoms with E-state index in [2.05, 4.69) is 74.6 Å². The third-order valence-corrected chi connectivity index (χ3v) is 11.4. The fraction of sp³-hybridized carbons (Fsp3) is 0.765. The Hall–Kier alpha value is -2.29. The lowest BCUT2D eigenvalue weighted by molar-refractivity contribution is -0.161. The van der Waals surface area contributed by atoms with Crippen molar-refractivity contribution >= 4 is 19.8 Å². The molecule has 0 aromatic rings. The van der Waals surface area contributed by atoms with Crippen LogP contribution >= 0.6 is 7.82 Å². The maximum Gasteiger partial charge on any atom is 0.472 e. The van der Waals surface area contributed by atoms with Gasteiger partial charge >= 0.3 is 19.8 Å². The second-order valence-corrected chi connectivity index (χ2v) is 17.8. The van der Waals surface area contributed by atoms with Crippen LogP contribution in [0.3, 0.4) is 0 Å². The van der Waals surface area contributed by atoms with Crippen LogP contribution in [0, 0.1) is 0 Å². The summed E-state index contributed by atoms with van der Waals surface area (Å²) in [5.41, 5.74) is 5.36. The zero-order valence-corrected chi connectivity index (χ0v) is 40.0. The summed E-state index contributed by atoms with van der Waals surface area (Å²) in [6.07, 6.45) is 56.8. The molecule has 0 aliphatic heterocycles. The molecule has 0 fully saturated rings. The van der Waals surface area contributed by atoms with Gasteiger partial charge in [0.2, 0.25) is 0 Å². The van der Waals surface area contributed by atoms with Crippen LogP contribution in [0.4, 0.5) is 0 Å². The van der Waals surface area contributed by atoms with Gasteiger partial charge in [-0.1, -0.05) is 184 Å². The topological polar surface area (TPSA) is 134 Å². The fourth-order valence-electron chi connectivity index (χ4n) is 6.67. The summed E-state index contributed by atoms with van der Waals surface area (Å²) >= 11 is 0. The summed E-state index contributed by atoms with van der Waals surface area (Å²) in [7, 11) is -4.39. The van der Waals surface area contributed by atoms with E-state index >= 15 is 0 Å². The van der Waals surface area contributed by atoms with E-state index in [9.17, 15) is 19.0 Å². The Bertz CT molecular complexity index is 1180. The van der Waals surface area contributed by atoms with Crippen LogP contribution in [-0.4, -0.2) is 49.3 Å². The van der Waals surface area contributed by atoms with Crippen LogP contribution in [0.1, 0.15) is 219 Å². The zero-order chi connectivity index (χ0) is 44.6.